The second-order valence-corrected chi connectivity index (χ2v) is 6.04. The second kappa shape index (κ2) is 6.78. The van der Waals surface area contributed by atoms with Gasteiger partial charge in [0.25, 0.3) is 5.56 Å². The van der Waals surface area contributed by atoms with E-state index in [4.69, 9.17) is 4.74 Å². The molecule has 2 aromatic rings. The van der Waals surface area contributed by atoms with Gasteiger partial charge in [-0.05, 0) is 36.6 Å². The van der Waals surface area contributed by atoms with Crippen LogP contribution in [-0.4, -0.2) is 41.2 Å². The van der Waals surface area contributed by atoms with Crippen LogP contribution in [0.25, 0.3) is 5.57 Å². The fourth-order valence-electron chi connectivity index (χ4n) is 3.01. The topological polar surface area (TPSA) is 78.2 Å². The number of likely N-dealkylation sites (tertiary alicyclic amines) is 1. The smallest absolute Gasteiger partial charge is 0.264 e. The highest BCUT2D eigenvalue weighted by Gasteiger charge is 2.27. The first-order chi connectivity index (χ1) is 11.6. The van der Waals surface area contributed by atoms with Crippen molar-refractivity contribution >= 4 is 11.5 Å². The predicted molar refractivity (Wildman–Crippen MR) is 92.0 cm³/mol. The summed E-state index contributed by atoms with van der Waals surface area (Å²) in [5, 5.41) is 5.43. The Kier molecular flexibility index (Phi) is 4.55. The Balaban J connectivity index is 1.69. The Hall–Kier alpha value is -2.76. The number of nitrogens with one attached hydrogen (secondary N) is 2. The van der Waals surface area contributed by atoms with E-state index in [-0.39, 0.29) is 17.4 Å². The van der Waals surface area contributed by atoms with Crippen LogP contribution in [0.5, 0.6) is 5.75 Å². The SMILES string of the molecule is COc1cccc(/C(C)=C/C(=O)N2CC[C@H](c3cc(=O)[nH][nH]3)C2)c1. The summed E-state index contributed by atoms with van der Waals surface area (Å²) >= 11 is 0. The van der Waals surface area contributed by atoms with E-state index in [1.165, 1.54) is 0 Å². The van der Waals surface area contributed by atoms with E-state index in [1.807, 2.05) is 36.1 Å². The van der Waals surface area contributed by atoms with Crippen LogP contribution in [0.2, 0.25) is 0 Å². The minimum Gasteiger partial charge on any atom is -0.497 e. The minimum absolute atomic E-state index is 0.00398. The third kappa shape index (κ3) is 3.42. The lowest BCUT2D eigenvalue weighted by atomic mass is 10.1. The van der Waals surface area contributed by atoms with Gasteiger partial charge >= 0.3 is 0 Å². The summed E-state index contributed by atoms with van der Waals surface area (Å²) in [7, 11) is 1.62. The fourth-order valence-corrected chi connectivity index (χ4v) is 3.01. The van der Waals surface area contributed by atoms with Gasteiger partial charge in [0.1, 0.15) is 5.75 Å². The molecule has 6 nitrogen and oxygen atoms in total. The first kappa shape index (κ1) is 16.1. The molecule has 0 aliphatic carbocycles. The number of aromatic amines is 2. The van der Waals surface area contributed by atoms with E-state index in [9.17, 15) is 9.59 Å². The molecule has 126 valence electrons. The first-order valence-corrected chi connectivity index (χ1v) is 7.96. The standard InChI is InChI=1S/C18H21N3O3/c1-12(13-4-3-5-15(9-13)24-2)8-18(23)21-7-6-14(11-21)16-10-17(22)20-19-16/h3-5,8-10,14H,6-7,11H2,1-2H3,(H2,19,20,22)/b12-8+/t14-/m0/s1. The predicted octanol–water partition coefficient (Wildman–Crippen LogP) is 2.13. The zero-order valence-corrected chi connectivity index (χ0v) is 13.8. The van der Waals surface area contributed by atoms with Crippen molar-refractivity contribution < 1.29 is 9.53 Å². The number of methoxy groups -OCH3 is 1. The highest BCUT2D eigenvalue weighted by molar-refractivity contribution is 5.95. The Morgan fingerprint density at radius 3 is 2.88 bits per heavy atom. The molecule has 1 atom stereocenters. The number of ether oxygens (including phenoxy) is 1. The number of carbonyl (C=O) groups excluding carboxylic acids is 1. The number of hydrogen-bond acceptors (Lipinski definition) is 3. The monoisotopic (exact) mass is 327 g/mol. The third-order valence-corrected chi connectivity index (χ3v) is 4.42. The van der Waals surface area contributed by atoms with Gasteiger partial charge in [0.15, 0.2) is 0 Å². The summed E-state index contributed by atoms with van der Waals surface area (Å²) in [4.78, 5) is 25.6. The van der Waals surface area contributed by atoms with Gasteiger partial charge in [-0.3, -0.25) is 14.7 Å². The Morgan fingerprint density at radius 2 is 2.17 bits per heavy atom. The van der Waals surface area contributed by atoms with E-state index in [2.05, 4.69) is 10.2 Å². The van der Waals surface area contributed by atoms with Crippen molar-refractivity contribution in [3.05, 3.63) is 58.0 Å². The molecule has 2 N–H and O–H groups in total. The molecule has 1 aromatic carbocycles. The molecule has 1 fully saturated rings. The molecule has 0 bridgehead atoms. The second-order valence-electron chi connectivity index (χ2n) is 6.04. The molecule has 24 heavy (non-hydrogen) atoms. The maximum Gasteiger partial charge on any atom is 0.264 e. The van der Waals surface area contributed by atoms with Crippen LogP contribution in [0.1, 0.15) is 30.5 Å². The van der Waals surface area contributed by atoms with Crippen LogP contribution in [0.15, 0.2) is 41.2 Å². The van der Waals surface area contributed by atoms with E-state index in [1.54, 1.807) is 19.3 Å². The lowest BCUT2D eigenvalue weighted by molar-refractivity contribution is -0.125. The quantitative estimate of drug-likeness (QED) is 0.845. The van der Waals surface area contributed by atoms with Gasteiger partial charge in [-0.1, -0.05) is 12.1 Å². The molecular formula is C18H21N3O3. The van der Waals surface area contributed by atoms with Crippen LogP contribution in [-0.2, 0) is 4.79 Å². The molecule has 1 saturated heterocycles. The van der Waals surface area contributed by atoms with Gasteiger partial charge in [-0.25, -0.2) is 0 Å². The molecule has 0 saturated carbocycles. The van der Waals surface area contributed by atoms with Crippen LogP contribution < -0.4 is 10.3 Å². The minimum atomic E-state index is -0.136. The molecule has 1 aliphatic rings. The molecule has 0 unspecified atom stereocenters. The van der Waals surface area contributed by atoms with Crippen molar-refractivity contribution in [2.75, 3.05) is 20.2 Å². The van der Waals surface area contributed by atoms with Gasteiger partial charge in [0, 0.05) is 36.8 Å². The maximum atomic E-state index is 12.5. The average molecular weight is 327 g/mol. The van der Waals surface area contributed by atoms with Crippen molar-refractivity contribution in [1.82, 2.24) is 15.1 Å². The summed E-state index contributed by atoms with van der Waals surface area (Å²) in [6.07, 6.45) is 2.52. The first-order valence-electron chi connectivity index (χ1n) is 7.96. The Bertz CT molecular complexity index is 819. The van der Waals surface area contributed by atoms with E-state index in [0.29, 0.717) is 13.1 Å². The zero-order chi connectivity index (χ0) is 17.1. The van der Waals surface area contributed by atoms with Crippen molar-refractivity contribution in [1.29, 1.82) is 0 Å². The molecule has 0 radical (unpaired) electrons. The molecular weight excluding hydrogens is 306 g/mol. The number of carbonyl (C=O) groups is 1. The average Bonchev–Trinajstić information content (AvgIpc) is 3.23. The van der Waals surface area contributed by atoms with Crippen molar-refractivity contribution in [3.8, 4) is 5.75 Å². The zero-order valence-electron chi connectivity index (χ0n) is 13.8. The molecule has 3 rings (SSSR count). The molecule has 0 spiro atoms. The van der Waals surface area contributed by atoms with Crippen LogP contribution in [0.3, 0.4) is 0 Å². The molecule has 2 heterocycles. The Morgan fingerprint density at radius 1 is 1.33 bits per heavy atom. The number of amides is 1. The number of benzene rings is 1. The summed E-state index contributed by atoms with van der Waals surface area (Å²) < 4.78 is 5.22. The number of allylic oxidation sites excluding steroid dienone is 1. The van der Waals surface area contributed by atoms with Gasteiger partial charge in [-0.15, -0.1) is 0 Å². The van der Waals surface area contributed by atoms with E-state index >= 15 is 0 Å². The maximum absolute atomic E-state index is 12.5. The van der Waals surface area contributed by atoms with Crippen molar-refractivity contribution in [2.45, 2.75) is 19.3 Å². The van der Waals surface area contributed by atoms with Gasteiger partial charge in [0.05, 0.1) is 7.11 Å². The highest BCUT2D eigenvalue weighted by Crippen LogP contribution is 2.26. The number of aromatic nitrogens is 2. The molecule has 1 aromatic heterocycles. The van der Waals surface area contributed by atoms with E-state index < -0.39 is 0 Å². The summed E-state index contributed by atoms with van der Waals surface area (Å²) in [5.41, 5.74) is 2.60. The molecule has 1 aliphatic heterocycles. The number of nitrogens with zero attached hydrogens (tertiary/aromatic N) is 1. The van der Waals surface area contributed by atoms with Crippen molar-refractivity contribution in [2.24, 2.45) is 0 Å². The van der Waals surface area contributed by atoms with Gasteiger partial charge in [-0.2, -0.15) is 0 Å². The fraction of sp³-hybridized carbons (Fsp3) is 0.333. The third-order valence-electron chi connectivity index (χ3n) is 4.42. The number of H-pyrrole nitrogens is 2. The van der Waals surface area contributed by atoms with Crippen LogP contribution >= 0.6 is 0 Å². The summed E-state index contributed by atoms with van der Waals surface area (Å²) in [6, 6.07) is 9.22. The summed E-state index contributed by atoms with van der Waals surface area (Å²) in [5.74, 6) is 0.944. The lowest BCUT2D eigenvalue weighted by Gasteiger charge is -2.15. The highest BCUT2D eigenvalue weighted by atomic mass is 16.5. The largest absolute Gasteiger partial charge is 0.497 e. The van der Waals surface area contributed by atoms with Crippen molar-refractivity contribution in [3.63, 3.8) is 0 Å². The van der Waals surface area contributed by atoms with Gasteiger partial charge in [0.2, 0.25) is 5.91 Å². The molecule has 1 amide bonds. The Labute approximate surface area is 140 Å². The van der Waals surface area contributed by atoms with Crippen LogP contribution in [0, 0.1) is 0 Å². The normalized spacial score (nSPS) is 18.0. The van der Waals surface area contributed by atoms with Crippen LogP contribution in [0.4, 0.5) is 0 Å². The summed E-state index contributed by atoms with van der Waals surface area (Å²) in [6.45, 7) is 3.23. The van der Waals surface area contributed by atoms with Gasteiger partial charge < -0.3 is 14.7 Å². The lowest BCUT2D eigenvalue weighted by Crippen LogP contribution is -2.26. The van der Waals surface area contributed by atoms with E-state index in [0.717, 1.165) is 29.0 Å². The molecule has 6 heteroatoms. The number of rotatable bonds is 4. The number of hydrogen-bond donors (Lipinski definition) is 2.